The van der Waals surface area contributed by atoms with E-state index < -0.39 is 32.0 Å². The minimum atomic E-state index is -2.96. The van der Waals surface area contributed by atoms with Crippen LogP contribution in [0.1, 0.15) is 111 Å². The number of nitrogens with zero attached hydrogens (tertiary/aromatic N) is 18. The minimum absolute atomic E-state index is 0.00175. The summed E-state index contributed by atoms with van der Waals surface area (Å²) in [6, 6.07) is 41.8. The van der Waals surface area contributed by atoms with Crippen molar-refractivity contribution in [1.29, 1.82) is 0 Å². The Morgan fingerprint density at radius 2 is 0.738 bits per heavy atom. The Labute approximate surface area is 846 Å². The average molecular weight is 2050 g/mol. The largest absolute Gasteiger partial charge is 0.447 e. The van der Waals surface area contributed by atoms with Gasteiger partial charge in [-0.25, -0.2) is 44.7 Å². The van der Waals surface area contributed by atoms with Crippen LogP contribution in [0.2, 0.25) is 0 Å². The number of anilines is 3. The summed E-state index contributed by atoms with van der Waals surface area (Å²) >= 11 is 0. The number of alkyl halides is 8. The number of piperidine rings is 1. The van der Waals surface area contributed by atoms with E-state index in [1.165, 1.54) is 30.9 Å². The summed E-state index contributed by atoms with van der Waals surface area (Å²) in [4.78, 5) is 126. The highest BCUT2D eigenvalue weighted by Gasteiger charge is 2.39. The summed E-state index contributed by atoms with van der Waals surface area (Å²) in [6.45, 7) is 3.37. The van der Waals surface area contributed by atoms with E-state index in [4.69, 9.17) is 23.7 Å². The minimum Gasteiger partial charge on any atom is -0.447 e. The molecule has 0 spiro atoms. The van der Waals surface area contributed by atoms with Gasteiger partial charge in [0.1, 0.15) is 41.2 Å². The van der Waals surface area contributed by atoms with Crippen LogP contribution >= 0.6 is 0 Å². The zero-order chi connectivity index (χ0) is 106. The molecule has 0 aliphatic carbocycles. The van der Waals surface area contributed by atoms with E-state index in [1.807, 2.05) is 99.3 Å². The Balaban J connectivity index is 0.000000136. The molecule has 12 heterocycles. The first-order valence-corrected chi connectivity index (χ1v) is 48.4. The Kier molecular flexibility index (Phi) is 31.2. The third-order valence-corrected chi connectivity index (χ3v) is 26.7. The normalized spacial score (nSPS) is 15.1. The van der Waals surface area contributed by atoms with Gasteiger partial charge in [-0.3, -0.25) is 71.1 Å². The summed E-state index contributed by atoms with van der Waals surface area (Å²) in [5, 5.41) is 23.9. The molecular formula is C106H108F8N22O13. The molecule has 4 aliphatic rings. The third kappa shape index (κ3) is 23.3. The predicted molar refractivity (Wildman–Crippen MR) is 543 cm³/mol. The maximum absolute atomic E-state index is 13.1. The highest BCUT2D eigenvalue weighted by Crippen LogP contribution is 2.36. The lowest BCUT2D eigenvalue weighted by Gasteiger charge is -2.35. The van der Waals surface area contributed by atoms with Gasteiger partial charge < -0.3 is 55.0 Å². The van der Waals surface area contributed by atoms with Crippen LogP contribution in [-0.2, 0) is 100.0 Å². The molecule has 0 saturated carbocycles. The zero-order valence-corrected chi connectivity index (χ0v) is 83.0. The van der Waals surface area contributed by atoms with Gasteiger partial charge in [-0.15, -0.1) is 0 Å². The van der Waals surface area contributed by atoms with E-state index in [0.29, 0.717) is 147 Å². The molecule has 149 heavy (non-hydrogen) atoms. The van der Waals surface area contributed by atoms with E-state index in [1.54, 1.807) is 182 Å². The Hall–Kier alpha value is -16.6. The van der Waals surface area contributed by atoms with Crippen LogP contribution in [-0.4, -0.2) is 189 Å². The Morgan fingerprint density at radius 3 is 1.05 bits per heavy atom. The summed E-state index contributed by atoms with van der Waals surface area (Å²) in [7, 11) is 6.58. The highest BCUT2D eigenvalue weighted by molar-refractivity contribution is 5.89. The second-order valence-electron chi connectivity index (χ2n) is 36.7. The van der Waals surface area contributed by atoms with Crippen LogP contribution in [0, 0.1) is 0 Å². The van der Waals surface area contributed by atoms with Crippen molar-refractivity contribution in [2.75, 3.05) is 54.9 Å². The smallest absolute Gasteiger partial charge is 0.410 e. The first kappa shape index (κ1) is 104. The van der Waals surface area contributed by atoms with Crippen molar-refractivity contribution in [3.8, 4) is 67.5 Å². The van der Waals surface area contributed by atoms with Crippen molar-refractivity contribution >= 4 is 79.4 Å². The summed E-state index contributed by atoms with van der Waals surface area (Å²) in [6.07, 6.45) is 17.9. The quantitative estimate of drug-likeness (QED) is 0.0261. The van der Waals surface area contributed by atoms with Gasteiger partial charge in [-0.2, -0.15) is 35.1 Å². The van der Waals surface area contributed by atoms with Gasteiger partial charge in [0.2, 0.25) is 29.7 Å². The van der Waals surface area contributed by atoms with Gasteiger partial charge in [0, 0.05) is 167 Å². The summed E-state index contributed by atoms with van der Waals surface area (Å²) in [5.41, 5.74) is 12.9. The standard InChI is InChI=1S/C28H28F2N6O4.C27H28F2N6O3.C26H26F2N6O3.C25H26F2N4O3/c1-3-17-4-7-24(40-26(29)30)19(10-17)14-36-23-11-18(5-6-22(23)25(37)33(36)2)20-12-31-27(32-13-20)34-8-9-35-21(15-34)16-39-28(35)38;1-3-16-4-7-23(38-26(28)29)18(10-16)15-35-22-11-17(5-6-21(22)25(37)34(35)2)19-13-31-27(32-14-19)33-20-8-9-30-24(36)12-20;1-3-15-4-7-22(37-25(27)28)17(10-15)14-34-21-11-16(5-6-19(21)24(36)33(34)2)18-12-30-26(31-13-18)32-20-8-9-29-23(20)35;1-5-15-6-9-21(34-24(26)27)17(10-15)14-31-20-11-16(7-8-19(20)22(32)30(31)4)18-12-28-23(29-13-18)25(2,3)33/h4-7,10-13,21,26H,3,8-9,14-16H2,1-2H3;4-7,10-11,13-14,20,26H,3,8-9,12,15H2,1-2H3,(H,30,36)(H,31,32,33);4-7,10-13,20,25H,3,8-9,14H2,1-2H3,(H,29,35)(H,30,31,32);6-13,24,33H,5,14H2,1-4H3/t21-;;;/m1.../s1. The molecule has 2 unspecified atom stereocenters. The molecule has 35 nitrogen and oxygen atoms in total. The summed E-state index contributed by atoms with van der Waals surface area (Å²) < 4.78 is 141. The SMILES string of the molecule is CCc1ccc(OC(F)F)c(Cn2c3cc(-c4cnc(C(C)(C)O)nc4)ccc3c(=O)n2C)c1.CCc1ccc(OC(F)F)c(Cn2c3cc(-c4cnc(N5CCN6C(=O)OC[C@H]6C5)nc4)ccc3c(=O)n2C)c1.CCc1ccc(OC(F)F)c(Cn2c3cc(-c4cnc(NC5CCNC(=O)C5)nc4)ccc3c(=O)n2C)c1.CCc1ccc(OC(F)F)c(Cn2c3cc(-c4cnc(NC5CCNC5=O)nc4)ccc3c(=O)n2C)c1. The number of aliphatic hydroxyl groups is 1. The number of carbonyl (C=O) groups is 3. The molecule has 776 valence electrons. The van der Waals surface area contributed by atoms with Crippen LogP contribution in [0.3, 0.4) is 0 Å². The molecule has 4 aliphatic heterocycles. The van der Waals surface area contributed by atoms with Crippen LogP contribution in [0.25, 0.3) is 88.1 Å². The number of nitrogens with one attached hydrogen (secondary N) is 4. The summed E-state index contributed by atoms with van der Waals surface area (Å²) in [5.74, 6) is 1.90. The number of fused-ring (bicyclic) bond motifs is 5. The fraction of sp³-hybridized carbons (Fsp3) is 0.330. The van der Waals surface area contributed by atoms with E-state index in [-0.39, 0.29) is 107 Å². The number of carbonyl (C=O) groups excluding carboxylic acids is 3. The number of cyclic esters (lactones) is 1. The molecule has 4 fully saturated rings. The van der Waals surface area contributed by atoms with Gasteiger partial charge >= 0.3 is 32.5 Å². The topological polar surface area (TPSA) is 383 Å². The Bertz CT molecular complexity index is 7900. The monoisotopic (exact) mass is 2050 g/mol. The fourth-order valence-electron chi connectivity index (χ4n) is 18.5. The molecule has 20 rings (SSSR count). The predicted octanol–water partition coefficient (Wildman–Crippen LogP) is 14.9. The van der Waals surface area contributed by atoms with Crippen molar-refractivity contribution < 1.29 is 78.3 Å². The molecule has 43 heteroatoms. The number of halogens is 8. The van der Waals surface area contributed by atoms with Crippen molar-refractivity contribution in [2.24, 2.45) is 28.2 Å². The maximum atomic E-state index is 13.1. The number of rotatable bonds is 30. The van der Waals surface area contributed by atoms with E-state index in [2.05, 4.69) is 61.1 Å². The van der Waals surface area contributed by atoms with Gasteiger partial charge in [0.05, 0.1) is 75.8 Å². The van der Waals surface area contributed by atoms with Gasteiger partial charge in [-0.1, -0.05) is 100 Å². The lowest BCUT2D eigenvalue weighted by Crippen LogP contribution is -2.52. The van der Waals surface area contributed by atoms with Gasteiger partial charge in [0.15, 0.2) is 5.82 Å². The molecular weight excluding hydrogens is 1940 g/mol. The zero-order valence-electron chi connectivity index (χ0n) is 83.0. The van der Waals surface area contributed by atoms with Crippen LogP contribution in [0.15, 0.2) is 214 Å². The maximum Gasteiger partial charge on any atom is 0.410 e. The highest BCUT2D eigenvalue weighted by atomic mass is 19.3. The van der Waals surface area contributed by atoms with E-state index >= 15 is 0 Å². The molecule has 8 aromatic carbocycles. The third-order valence-electron chi connectivity index (χ3n) is 26.7. The van der Waals surface area contributed by atoms with Crippen molar-refractivity contribution in [1.82, 2.24) is 92.9 Å². The second-order valence-corrected chi connectivity index (χ2v) is 36.7. The molecule has 8 aromatic heterocycles. The number of ether oxygens (including phenoxy) is 5. The number of piperazine rings is 1. The van der Waals surface area contributed by atoms with Crippen molar-refractivity contribution in [2.45, 2.75) is 163 Å². The lowest BCUT2D eigenvalue weighted by atomic mass is 10.1. The molecule has 16 aromatic rings. The number of benzene rings is 8. The van der Waals surface area contributed by atoms with Crippen molar-refractivity contribution in [3.63, 3.8) is 0 Å². The average Bonchev–Trinajstić information content (AvgIpc) is 1.62. The number of hydrogen-bond donors (Lipinski definition) is 5. The van der Waals surface area contributed by atoms with E-state index in [9.17, 15) is 73.8 Å². The molecule has 3 amide bonds. The molecule has 3 atom stereocenters. The molecule has 5 N–H and O–H groups in total. The lowest BCUT2D eigenvalue weighted by molar-refractivity contribution is -0.122. The second kappa shape index (κ2) is 44.8. The van der Waals surface area contributed by atoms with Crippen LogP contribution in [0.5, 0.6) is 23.0 Å². The van der Waals surface area contributed by atoms with Gasteiger partial charge in [0.25, 0.3) is 22.2 Å². The molecule has 0 radical (unpaired) electrons. The first-order valence-electron chi connectivity index (χ1n) is 48.4. The van der Waals surface area contributed by atoms with Crippen LogP contribution < -0.4 is 67.4 Å². The molecule has 0 bridgehead atoms. The Morgan fingerprint density at radius 1 is 0.409 bits per heavy atom. The van der Waals surface area contributed by atoms with Crippen molar-refractivity contribution in [3.05, 3.63) is 287 Å². The number of amides is 3. The fourth-order valence-corrected chi connectivity index (χ4v) is 18.5. The van der Waals surface area contributed by atoms with Crippen LogP contribution in [0.4, 0.5) is 57.8 Å². The van der Waals surface area contributed by atoms with E-state index in [0.717, 1.165) is 93.3 Å². The molecule has 4 saturated heterocycles. The van der Waals surface area contributed by atoms with Gasteiger partial charge in [-0.05, 0) is 170 Å². The first-order chi connectivity index (χ1) is 71.5. The number of hydrogen-bond acceptors (Lipinski definition) is 24. The number of aryl methyl sites for hydroxylation is 4. The number of aromatic nitrogens is 16.